The van der Waals surface area contributed by atoms with E-state index < -0.39 is 41.5 Å². The largest absolute Gasteiger partial charge is 0.433 e. The minimum Gasteiger partial charge on any atom is -0.372 e. The van der Waals surface area contributed by atoms with Gasteiger partial charge >= 0.3 is 6.18 Å². The first kappa shape index (κ1) is 34.1. The number of hydrogen-bond donors (Lipinski definition) is 2. The third-order valence-electron chi connectivity index (χ3n) is 9.35. The highest BCUT2D eigenvalue weighted by atomic mass is 19.4. The molecule has 2 bridgehead atoms. The van der Waals surface area contributed by atoms with Gasteiger partial charge in [0, 0.05) is 61.5 Å². The van der Waals surface area contributed by atoms with Crippen LogP contribution in [0.5, 0.6) is 0 Å². The van der Waals surface area contributed by atoms with E-state index in [0.29, 0.717) is 46.5 Å². The molecule has 2 unspecified atom stereocenters. The number of allylic oxidation sites excluding steroid dienone is 1. The lowest BCUT2D eigenvalue weighted by Gasteiger charge is -2.47. The number of amides is 3. The standard InChI is InChI=1S/C36H35F3N8O4/c1-3-21(18-45-19-25-16-26(20-45)51-25)32(48)42-23-10-8-9-22(15-23)29-27-17-41-47(24-11-6-5-7-12-24)34(27)46(4-2)35(50)30(29)44-33(49)31-40-14-13-28(43-31)36(37,38)39/h3,5-15,17,25-26,29-30H,4,16,18-20H2,1-2H3,(H,42,48)(H,44,49)/b21-3+/t25?,26?,29-,30+/m1/s1. The Morgan fingerprint density at radius 2 is 1.80 bits per heavy atom. The lowest BCUT2D eigenvalue weighted by atomic mass is 9.82. The summed E-state index contributed by atoms with van der Waals surface area (Å²) in [6.45, 7) is 5.78. The molecule has 0 radical (unpaired) electrons. The predicted molar refractivity (Wildman–Crippen MR) is 180 cm³/mol. The maximum absolute atomic E-state index is 14.3. The number of carbonyl (C=O) groups excluding carboxylic acids is 3. The number of ether oxygens (including phenoxy) is 1. The number of anilines is 2. The first-order valence-corrected chi connectivity index (χ1v) is 16.6. The molecule has 0 aliphatic carbocycles. The number of piperidine rings is 1. The summed E-state index contributed by atoms with van der Waals surface area (Å²) in [5.74, 6) is -2.96. The van der Waals surface area contributed by atoms with Gasteiger partial charge in [-0.25, -0.2) is 14.6 Å². The quantitative estimate of drug-likeness (QED) is 0.247. The number of aromatic nitrogens is 4. The number of carbonyl (C=O) groups is 3. The van der Waals surface area contributed by atoms with Crippen molar-refractivity contribution in [2.75, 3.05) is 36.4 Å². The number of halogens is 3. The highest BCUT2D eigenvalue weighted by molar-refractivity contribution is 6.05. The van der Waals surface area contributed by atoms with Crippen molar-refractivity contribution < 1.29 is 32.3 Å². The van der Waals surface area contributed by atoms with E-state index in [4.69, 9.17) is 4.74 Å². The number of para-hydroxylation sites is 1. The van der Waals surface area contributed by atoms with E-state index in [1.807, 2.05) is 37.3 Å². The van der Waals surface area contributed by atoms with Crippen LogP contribution in [-0.4, -0.2) is 86.8 Å². The van der Waals surface area contributed by atoms with Crippen molar-refractivity contribution in [1.29, 1.82) is 0 Å². The Bertz CT molecular complexity index is 1980. The van der Waals surface area contributed by atoms with Crippen molar-refractivity contribution in [3.63, 3.8) is 0 Å². The minimum absolute atomic E-state index is 0.202. The van der Waals surface area contributed by atoms with Gasteiger partial charge in [0.2, 0.25) is 5.82 Å². The van der Waals surface area contributed by atoms with E-state index in [0.717, 1.165) is 25.7 Å². The zero-order valence-corrected chi connectivity index (χ0v) is 27.8. The van der Waals surface area contributed by atoms with Gasteiger partial charge in [0.1, 0.15) is 17.6 Å². The summed E-state index contributed by atoms with van der Waals surface area (Å²) in [5.41, 5.74) is 1.59. The second-order valence-corrected chi connectivity index (χ2v) is 12.6. The Labute approximate surface area is 291 Å². The molecule has 2 aromatic carbocycles. The third kappa shape index (κ3) is 6.73. The van der Waals surface area contributed by atoms with Gasteiger partial charge in [0.25, 0.3) is 17.7 Å². The van der Waals surface area contributed by atoms with Crippen LogP contribution in [0.3, 0.4) is 0 Å². The molecular formula is C36H35F3N8O4. The number of morpholine rings is 1. The molecule has 4 atom stereocenters. The van der Waals surface area contributed by atoms with Gasteiger partial charge in [0.15, 0.2) is 0 Å². The molecule has 6 heterocycles. The van der Waals surface area contributed by atoms with Gasteiger partial charge in [-0.2, -0.15) is 18.3 Å². The molecule has 264 valence electrons. The lowest BCUT2D eigenvalue weighted by Crippen LogP contribution is -2.57. The van der Waals surface area contributed by atoms with E-state index in [2.05, 4.69) is 30.6 Å². The van der Waals surface area contributed by atoms with Crippen molar-refractivity contribution in [3.05, 3.63) is 107 Å². The topological polar surface area (TPSA) is 135 Å². The highest BCUT2D eigenvalue weighted by Gasteiger charge is 2.45. The molecule has 0 spiro atoms. The Morgan fingerprint density at radius 1 is 1.06 bits per heavy atom. The minimum atomic E-state index is -4.80. The van der Waals surface area contributed by atoms with Crippen LogP contribution in [0.25, 0.3) is 5.69 Å². The fraction of sp³-hybridized carbons (Fsp3) is 0.333. The van der Waals surface area contributed by atoms with Crippen molar-refractivity contribution >= 4 is 29.2 Å². The van der Waals surface area contributed by atoms with Crippen LogP contribution < -0.4 is 15.5 Å². The molecular weight excluding hydrogens is 665 g/mol. The molecule has 4 aliphatic heterocycles. The Morgan fingerprint density at radius 3 is 2.49 bits per heavy atom. The van der Waals surface area contributed by atoms with Crippen molar-refractivity contribution in [2.45, 2.75) is 50.6 Å². The number of likely N-dealkylation sites (N-methyl/N-ethyl adjacent to an activating group) is 1. The fourth-order valence-corrected chi connectivity index (χ4v) is 6.98. The van der Waals surface area contributed by atoms with E-state index >= 15 is 0 Å². The number of alkyl halides is 3. The molecule has 4 aromatic rings. The summed E-state index contributed by atoms with van der Waals surface area (Å²) in [7, 11) is 0. The summed E-state index contributed by atoms with van der Waals surface area (Å²) >= 11 is 0. The van der Waals surface area contributed by atoms with Crippen LogP contribution in [0.15, 0.2) is 84.7 Å². The number of rotatable bonds is 9. The highest BCUT2D eigenvalue weighted by Crippen LogP contribution is 2.42. The van der Waals surface area contributed by atoms with Gasteiger partial charge in [-0.15, -0.1) is 0 Å². The average molecular weight is 701 g/mol. The Balaban J connectivity index is 1.23. The second kappa shape index (κ2) is 13.7. The molecule has 3 amide bonds. The van der Waals surface area contributed by atoms with Crippen molar-refractivity contribution in [3.8, 4) is 5.69 Å². The monoisotopic (exact) mass is 700 g/mol. The summed E-state index contributed by atoms with van der Waals surface area (Å²) in [6, 6.07) is 15.5. The van der Waals surface area contributed by atoms with Gasteiger partial charge < -0.3 is 15.4 Å². The number of hydrogen-bond acceptors (Lipinski definition) is 8. The molecule has 51 heavy (non-hydrogen) atoms. The van der Waals surface area contributed by atoms with E-state index in [1.165, 1.54) is 4.90 Å². The van der Waals surface area contributed by atoms with Crippen LogP contribution in [-0.2, 0) is 20.5 Å². The van der Waals surface area contributed by atoms with Gasteiger partial charge in [-0.3, -0.25) is 24.2 Å². The molecule has 2 aromatic heterocycles. The summed E-state index contributed by atoms with van der Waals surface area (Å²) < 4.78 is 47.7. The Hall–Kier alpha value is -5.41. The maximum Gasteiger partial charge on any atom is 0.433 e. The predicted octanol–water partition coefficient (Wildman–Crippen LogP) is 4.34. The molecule has 15 heteroatoms. The normalized spacial score (nSPS) is 21.9. The number of nitrogens with one attached hydrogen (secondary N) is 2. The van der Waals surface area contributed by atoms with E-state index in [9.17, 15) is 27.6 Å². The van der Waals surface area contributed by atoms with E-state index in [1.54, 1.807) is 48.1 Å². The maximum atomic E-state index is 14.3. The van der Waals surface area contributed by atoms with Gasteiger partial charge in [-0.05, 0) is 49.7 Å². The number of benzene rings is 2. The molecule has 0 saturated carbocycles. The molecule has 3 fully saturated rings. The smallest absolute Gasteiger partial charge is 0.372 e. The molecule has 8 rings (SSSR count). The molecule has 12 nitrogen and oxygen atoms in total. The molecule has 3 saturated heterocycles. The first-order chi connectivity index (χ1) is 24.5. The number of fused-ring (bicyclic) bond motifs is 3. The number of nitrogens with zero attached hydrogens (tertiary/aromatic N) is 6. The SMILES string of the molecule is C/C=C(\CN1CC2CC(C1)O2)C(=O)Nc1cccc([C@@H]2c3cnn(-c4ccccc4)c3N(CC)C(=O)[C@H]2NC(=O)c2nccc(C(F)(F)F)n2)c1. The van der Waals surface area contributed by atoms with Gasteiger partial charge in [0.05, 0.1) is 24.1 Å². The van der Waals surface area contributed by atoms with Crippen LogP contribution >= 0.6 is 0 Å². The third-order valence-corrected chi connectivity index (χ3v) is 9.35. The van der Waals surface area contributed by atoms with Gasteiger partial charge in [-0.1, -0.05) is 36.4 Å². The zero-order valence-electron chi connectivity index (χ0n) is 27.8. The first-order valence-electron chi connectivity index (χ1n) is 16.6. The van der Waals surface area contributed by atoms with Crippen LogP contribution in [0.1, 0.15) is 53.6 Å². The summed E-state index contributed by atoms with van der Waals surface area (Å²) in [6.07, 6.45) is 0.880. The Kier molecular flexibility index (Phi) is 9.16. The van der Waals surface area contributed by atoms with Crippen LogP contribution in [0.4, 0.5) is 24.7 Å². The summed E-state index contributed by atoms with van der Waals surface area (Å²) in [5, 5.41) is 10.2. The van der Waals surface area contributed by atoms with Crippen LogP contribution in [0, 0.1) is 0 Å². The van der Waals surface area contributed by atoms with Crippen molar-refractivity contribution in [2.24, 2.45) is 0 Å². The molecule has 2 N–H and O–H groups in total. The summed E-state index contributed by atoms with van der Waals surface area (Å²) in [4.78, 5) is 52.2. The molecule has 4 aliphatic rings. The van der Waals surface area contributed by atoms with Crippen LogP contribution in [0.2, 0.25) is 0 Å². The van der Waals surface area contributed by atoms with Crippen molar-refractivity contribution in [1.82, 2.24) is 30.0 Å². The average Bonchev–Trinajstić information content (AvgIpc) is 3.55. The fourth-order valence-electron chi connectivity index (χ4n) is 6.98. The lowest BCUT2D eigenvalue weighted by molar-refractivity contribution is -0.179. The second-order valence-electron chi connectivity index (χ2n) is 12.6. The zero-order chi connectivity index (χ0) is 35.9. The van der Waals surface area contributed by atoms with E-state index in [-0.39, 0.29) is 24.7 Å².